The number of benzene rings is 2. The van der Waals surface area contributed by atoms with Crippen molar-refractivity contribution in [2.75, 3.05) is 13.2 Å². The van der Waals surface area contributed by atoms with Gasteiger partial charge in [-0.3, -0.25) is 19.3 Å². The first-order valence-corrected chi connectivity index (χ1v) is 13.4. The van der Waals surface area contributed by atoms with Gasteiger partial charge < -0.3 is 24.6 Å². The topological polar surface area (TPSA) is 134 Å². The molecule has 3 aliphatic rings. The number of aliphatic carboxylic acids is 1. The minimum Gasteiger partial charge on any atom is -0.508 e. The third-order valence-corrected chi connectivity index (χ3v) is 7.97. The third kappa shape index (κ3) is 5.72. The summed E-state index contributed by atoms with van der Waals surface area (Å²) >= 11 is 0. The summed E-state index contributed by atoms with van der Waals surface area (Å²) in [5.41, 5.74) is 2.05. The largest absolute Gasteiger partial charge is 0.508 e. The number of imide groups is 1. The number of allylic oxidation sites excluding steroid dienone is 1. The van der Waals surface area contributed by atoms with Crippen LogP contribution in [-0.2, 0) is 19.0 Å². The van der Waals surface area contributed by atoms with Crippen LogP contribution in [0.15, 0.2) is 65.6 Å². The number of hydrogen-bond acceptors (Lipinski definition) is 7. The van der Waals surface area contributed by atoms with Crippen molar-refractivity contribution in [2.45, 2.75) is 44.6 Å². The van der Waals surface area contributed by atoms with Gasteiger partial charge in [0.25, 0.3) is 0 Å². The van der Waals surface area contributed by atoms with Crippen LogP contribution in [0.1, 0.15) is 50.2 Å². The predicted molar refractivity (Wildman–Crippen MR) is 141 cm³/mol. The van der Waals surface area contributed by atoms with E-state index in [0.717, 1.165) is 5.57 Å². The maximum atomic E-state index is 13.7. The zero-order valence-electron chi connectivity index (χ0n) is 21.6. The number of para-hydroxylation sites is 1. The van der Waals surface area contributed by atoms with Gasteiger partial charge >= 0.3 is 13.1 Å². The van der Waals surface area contributed by atoms with Gasteiger partial charge in [-0.05, 0) is 72.5 Å². The van der Waals surface area contributed by atoms with E-state index in [1.807, 2.05) is 30.3 Å². The summed E-state index contributed by atoms with van der Waals surface area (Å²) in [5.74, 6) is -2.22. The third-order valence-electron chi connectivity index (χ3n) is 7.97. The van der Waals surface area contributed by atoms with Crippen molar-refractivity contribution in [3.63, 3.8) is 0 Å². The van der Waals surface area contributed by atoms with Crippen LogP contribution in [0.3, 0.4) is 0 Å². The zero-order valence-corrected chi connectivity index (χ0v) is 21.6. The van der Waals surface area contributed by atoms with Crippen molar-refractivity contribution in [1.29, 1.82) is 0 Å². The molecule has 0 spiro atoms. The van der Waals surface area contributed by atoms with Crippen molar-refractivity contribution in [1.82, 2.24) is 4.90 Å². The van der Waals surface area contributed by atoms with Crippen molar-refractivity contribution < 1.29 is 39.0 Å². The molecule has 0 bridgehead atoms. The first-order chi connectivity index (χ1) is 18.8. The highest BCUT2D eigenvalue weighted by molar-refractivity contribution is 6.53. The van der Waals surface area contributed by atoms with Crippen molar-refractivity contribution in [3.8, 4) is 11.5 Å². The predicted octanol–water partition coefficient (Wildman–Crippen LogP) is 3.52. The molecule has 2 aromatic rings. The highest BCUT2D eigenvalue weighted by Gasteiger charge is 2.57. The zero-order chi connectivity index (χ0) is 27.5. The average molecular weight is 533 g/mol. The number of ether oxygens (including phenoxy) is 1. The molecule has 2 fully saturated rings. The fourth-order valence-corrected chi connectivity index (χ4v) is 6.18. The number of carboxylic acid groups (broad SMARTS) is 1. The summed E-state index contributed by atoms with van der Waals surface area (Å²) in [5, 5.41) is 30.1. The van der Waals surface area contributed by atoms with E-state index in [1.54, 1.807) is 24.3 Å². The van der Waals surface area contributed by atoms with Crippen LogP contribution >= 0.6 is 0 Å². The minimum atomic E-state index is -1.28. The number of rotatable bonds is 10. The van der Waals surface area contributed by atoms with Crippen molar-refractivity contribution >= 4 is 24.9 Å². The fourth-order valence-electron chi connectivity index (χ4n) is 6.18. The fraction of sp³-hybridized carbons (Fsp3) is 0.414. The molecule has 2 aromatic carbocycles. The number of carbonyl (C=O) groups excluding carboxylic acids is 2. The van der Waals surface area contributed by atoms with Crippen LogP contribution in [0.4, 0.5) is 0 Å². The van der Waals surface area contributed by atoms with Gasteiger partial charge in [0.2, 0.25) is 11.8 Å². The Morgan fingerprint density at radius 1 is 1.03 bits per heavy atom. The van der Waals surface area contributed by atoms with E-state index in [4.69, 9.17) is 14.5 Å². The van der Waals surface area contributed by atoms with Gasteiger partial charge in [-0.2, -0.15) is 0 Å². The molecule has 3 N–H and O–H groups in total. The van der Waals surface area contributed by atoms with E-state index in [-0.39, 0.29) is 37.1 Å². The van der Waals surface area contributed by atoms with Gasteiger partial charge in [-0.25, -0.2) is 0 Å². The van der Waals surface area contributed by atoms with E-state index in [1.165, 1.54) is 4.90 Å². The molecule has 1 aliphatic carbocycles. The second-order valence-corrected chi connectivity index (χ2v) is 10.4. The minimum absolute atomic E-state index is 0.0571. The van der Waals surface area contributed by atoms with Gasteiger partial charge in [-0.15, -0.1) is 0 Å². The van der Waals surface area contributed by atoms with E-state index in [0.29, 0.717) is 48.9 Å². The molecule has 5 rings (SSSR count). The Kier molecular flexibility index (Phi) is 8.04. The molecule has 2 heterocycles. The first kappa shape index (κ1) is 27.0. The molecule has 2 aliphatic heterocycles. The normalized spacial score (nSPS) is 24.5. The molecule has 0 saturated carbocycles. The Balaban J connectivity index is 1.40. The van der Waals surface area contributed by atoms with Crippen LogP contribution in [-0.4, -0.2) is 58.2 Å². The Hall–Kier alpha value is -3.63. The molecule has 204 valence electrons. The number of amides is 2. The molecular formula is C29H32BNO8. The number of aromatic hydroxyl groups is 1. The number of carboxylic acids is 1. The summed E-state index contributed by atoms with van der Waals surface area (Å²) < 4.78 is 12.0. The molecule has 0 aromatic heterocycles. The quantitative estimate of drug-likeness (QED) is 0.240. The molecule has 10 heteroatoms. The smallest absolute Gasteiger partial charge is 0.487 e. The highest BCUT2D eigenvalue weighted by atomic mass is 16.5. The molecular weight excluding hydrogens is 501 g/mol. The Bertz CT molecular complexity index is 1260. The molecule has 4 atom stereocenters. The molecule has 2 amide bonds. The maximum Gasteiger partial charge on any atom is 0.487 e. The maximum absolute atomic E-state index is 13.7. The summed E-state index contributed by atoms with van der Waals surface area (Å²) in [4.78, 5) is 39.3. The van der Waals surface area contributed by atoms with Crippen LogP contribution < -0.4 is 4.74 Å². The number of hydrogen-bond donors (Lipinski definition) is 3. The number of carbonyl (C=O) groups is 3. The number of unbranched alkanes of at least 4 members (excludes halogenated alkanes) is 2. The van der Waals surface area contributed by atoms with Crippen LogP contribution in [0.2, 0.25) is 0 Å². The lowest BCUT2D eigenvalue weighted by atomic mass is 9.55. The van der Waals surface area contributed by atoms with Crippen LogP contribution in [0.25, 0.3) is 0 Å². The summed E-state index contributed by atoms with van der Waals surface area (Å²) in [6.45, 7) is 0.407. The van der Waals surface area contributed by atoms with Gasteiger partial charge in [0.05, 0.1) is 17.9 Å². The Morgan fingerprint density at radius 2 is 1.82 bits per heavy atom. The molecule has 0 unspecified atom stereocenters. The summed E-state index contributed by atoms with van der Waals surface area (Å²) in [6.07, 6.45) is 1.79. The Labute approximate surface area is 227 Å². The van der Waals surface area contributed by atoms with E-state index in [2.05, 4.69) is 0 Å². The van der Waals surface area contributed by atoms with E-state index in [9.17, 15) is 24.5 Å². The van der Waals surface area contributed by atoms with E-state index < -0.39 is 36.9 Å². The summed E-state index contributed by atoms with van der Waals surface area (Å²) in [7, 11) is -1.28. The van der Waals surface area contributed by atoms with Gasteiger partial charge in [-0.1, -0.05) is 36.8 Å². The number of phenolic OH excluding ortho intramolecular Hbond substituents is 1. The van der Waals surface area contributed by atoms with Crippen molar-refractivity contribution in [2.24, 2.45) is 17.8 Å². The monoisotopic (exact) mass is 533 g/mol. The lowest BCUT2D eigenvalue weighted by Gasteiger charge is -2.42. The number of fused-ring (bicyclic) bond motifs is 3. The van der Waals surface area contributed by atoms with Crippen molar-refractivity contribution in [3.05, 3.63) is 71.2 Å². The standard InChI is InChI=1S/C29H32BNO8/c32-20-9-7-8-18(14-20)24-16-22-26-23(28(35)31(29(26)36)13-6-2-5-12-25(33)34)15-19(27(22)30(37)39-24)17-38-21-10-3-1-4-11-21/h1,3-4,7-11,14,22-24,26,32,37H,2,5-6,12-13,15-17H2,(H,33,34)/t22-,23-,24-,26+/m0/s1. The molecule has 0 radical (unpaired) electrons. The Morgan fingerprint density at radius 3 is 2.56 bits per heavy atom. The lowest BCUT2D eigenvalue weighted by Crippen LogP contribution is -2.45. The second-order valence-electron chi connectivity index (χ2n) is 10.4. The molecule has 2 saturated heterocycles. The average Bonchev–Trinajstić information content (AvgIpc) is 3.16. The van der Waals surface area contributed by atoms with Gasteiger partial charge in [0.1, 0.15) is 18.1 Å². The molecule has 9 nitrogen and oxygen atoms in total. The number of phenols is 1. The highest BCUT2D eigenvalue weighted by Crippen LogP contribution is 2.51. The second kappa shape index (κ2) is 11.6. The van der Waals surface area contributed by atoms with Crippen LogP contribution in [0, 0.1) is 17.8 Å². The number of nitrogens with zero attached hydrogens (tertiary/aromatic N) is 1. The first-order valence-electron chi connectivity index (χ1n) is 13.4. The van der Waals surface area contributed by atoms with Crippen LogP contribution in [0.5, 0.6) is 11.5 Å². The van der Waals surface area contributed by atoms with Gasteiger partial charge in [0.15, 0.2) is 0 Å². The number of likely N-dealkylation sites (tertiary alicyclic amines) is 1. The van der Waals surface area contributed by atoms with E-state index >= 15 is 0 Å². The SMILES string of the molecule is O=C(O)CCCCCN1C(=O)[C@H]2[C@H](CC(COc3ccccc3)=C3B(O)O[C@H](c4cccc(O)c4)C[C@H]32)C1=O. The molecule has 39 heavy (non-hydrogen) atoms. The lowest BCUT2D eigenvalue weighted by molar-refractivity contribution is -0.141. The summed E-state index contributed by atoms with van der Waals surface area (Å²) in [6, 6.07) is 15.9. The van der Waals surface area contributed by atoms with Gasteiger partial charge in [0, 0.05) is 13.0 Å².